The molecule has 3 nitrogen and oxygen atoms in total. The molecule has 0 spiro atoms. The van der Waals surface area contributed by atoms with Crippen molar-refractivity contribution >= 4 is 56.2 Å². The Balaban J connectivity index is 2.17. The number of nitrogens with zero attached hydrogens (tertiary/aromatic N) is 2. The van der Waals surface area contributed by atoms with Gasteiger partial charge in [0.15, 0.2) is 4.47 Å². The van der Waals surface area contributed by atoms with Gasteiger partial charge in [0, 0.05) is 15.5 Å². The maximum absolute atomic E-state index is 8.82. The SMILES string of the molecule is N#Cc1cc(Cl)c(NCc2cnc(Cl)s2)c(Br)c1. The van der Waals surface area contributed by atoms with Gasteiger partial charge in [0.1, 0.15) is 0 Å². The topological polar surface area (TPSA) is 48.7 Å². The molecule has 0 saturated heterocycles. The van der Waals surface area contributed by atoms with Crippen molar-refractivity contribution in [3.05, 3.63) is 42.7 Å². The van der Waals surface area contributed by atoms with E-state index in [1.54, 1.807) is 18.3 Å². The Morgan fingerprint density at radius 1 is 1.44 bits per heavy atom. The lowest BCUT2D eigenvalue weighted by atomic mass is 10.2. The first-order valence-corrected chi connectivity index (χ1v) is 7.20. The van der Waals surface area contributed by atoms with Gasteiger partial charge in [0.2, 0.25) is 0 Å². The van der Waals surface area contributed by atoms with E-state index in [2.05, 4.69) is 26.2 Å². The van der Waals surface area contributed by atoms with E-state index in [4.69, 9.17) is 28.5 Å². The van der Waals surface area contributed by atoms with Gasteiger partial charge in [0.25, 0.3) is 0 Å². The number of aromatic nitrogens is 1. The Morgan fingerprint density at radius 3 is 2.78 bits per heavy atom. The minimum Gasteiger partial charge on any atom is -0.378 e. The van der Waals surface area contributed by atoms with E-state index in [1.807, 2.05) is 6.07 Å². The molecule has 0 saturated carbocycles. The molecule has 0 atom stereocenters. The molecule has 2 aromatic rings. The Morgan fingerprint density at radius 2 is 2.22 bits per heavy atom. The number of hydrogen-bond acceptors (Lipinski definition) is 4. The molecule has 1 N–H and O–H groups in total. The van der Waals surface area contributed by atoms with Gasteiger partial charge in [-0.3, -0.25) is 0 Å². The fourth-order valence-electron chi connectivity index (χ4n) is 1.35. The second-order valence-corrected chi connectivity index (χ2v) is 6.32. The molecule has 0 fully saturated rings. The number of thiazole rings is 1. The van der Waals surface area contributed by atoms with Crippen molar-refractivity contribution < 1.29 is 0 Å². The number of benzene rings is 1. The van der Waals surface area contributed by atoms with E-state index in [1.165, 1.54) is 11.3 Å². The molecule has 0 bridgehead atoms. The van der Waals surface area contributed by atoms with Gasteiger partial charge in [-0.25, -0.2) is 4.98 Å². The van der Waals surface area contributed by atoms with E-state index in [0.29, 0.717) is 21.6 Å². The summed E-state index contributed by atoms with van der Waals surface area (Å²) < 4.78 is 1.26. The molecule has 18 heavy (non-hydrogen) atoms. The molecule has 92 valence electrons. The molecule has 7 heteroatoms. The van der Waals surface area contributed by atoms with Crippen molar-refractivity contribution in [1.29, 1.82) is 5.26 Å². The first kappa shape index (κ1) is 13.6. The Labute approximate surface area is 126 Å². The molecule has 0 amide bonds. The Bertz CT molecular complexity index is 598. The van der Waals surface area contributed by atoms with Crippen LogP contribution in [0.3, 0.4) is 0 Å². The van der Waals surface area contributed by atoms with Gasteiger partial charge in [-0.2, -0.15) is 5.26 Å². The van der Waals surface area contributed by atoms with Crippen LogP contribution in [0.2, 0.25) is 9.49 Å². The van der Waals surface area contributed by atoms with Gasteiger partial charge in [0.05, 0.1) is 28.9 Å². The highest BCUT2D eigenvalue weighted by atomic mass is 79.9. The van der Waals surface area contributed by atoms with Crippen LogP contribution >= 0.6 is 50.5 Å². The summed E-state index contributed by atoms with van der Waals surface area (Å²) in [5.74, 6) is 0. The second-order valence-electron chi connectivity index (χ2n) is 3.36. The summed E-state index contributed by atoms with van der Waals surface area (Å²) in [5.41, 5.74) is 1.26. The zero-order valence-electron chi connectivity index (χ0n) is 8.88. The number of hydrogen-bond donors (Lipinski definition) is 1. The van der Waals surface area contributed by atoms with Crippen LogP contribution in [0.5, 0.6) is 0 Å². The summed E-state index contributed by atoms with van der Waals surface area (Å²) in [4.78, 5) is 4.96. The molecule has 0 unspecified atom stereocenters. The molecule has 1 heterocycles. The lowest BCUT2D eigenvalue weighted by Crippen LogP contribution is -1.99. The van der Waals surface area contributed by atoms with E-state index in [9.17, 15) is 0 Å². The Hall–Kier alpha value is -0.800. The van der Waals surface area contributed by atoms with Crippen LogP contribution in [-0.4, -0.2) is 4.98 Å². The predicted octanol–water partition coefficient (Wildman–Crippen LogP) is 4.70. The Kier molecular flexibility index (Phi) is 4.46. The summed E-state index contributed by atoms with van der Waals surface area (Å²) in [7, 11) is 0. The maximum Gasteiger partial charge on any atom is 0.183 e. The van der Waals surface area contributed by atoms with Gasteiger partial charge in [-0.1, -0.05) is 23.2 Å². The van der Waals surface area contributed by atoms with Crippen molar-refractivity contribution in [2.45, 2.75) is 6.54 Å². The minimum absolute atomic E-state index is 0.497. The van der Waals surface area contributed by atoms with E-state index in [-0.39, 0.29) is 0 Å². The monoisotopic (exact) mass is 361 g/mol. The summed E-state index contributed by atoms with van der Waals surface area (Å²) in [5, 5.41) is 12.5. The quantitative estimate of drug-likeness (QED) is 0.861. The van der Waals surface area contributed by atoms with Crippen molar-refractivity contribution in [1.82, 2.24) is 4.98 Å². The molecule has 0 aliphatic carbocycles. The van der Waals surface area contributed by atoms with Gasteiger partial charge in [-0.05, 0) is 28.1 Å². The van der Waals surface area contributed by atoms with Crippen LogP contribution in [-0.2, 0) is 6.54 Å². The number of halogens is 3. The van der Waals surface area contributed by atoms with Crippen LogP contribution in [0.4, 0.5) is 5.69 Å². The molecular weight excluding hydrogens is 357 g/mol. The fraction of sp³-hybridized carbons (Fsp3) is 0.0909. The second kappa shape index (κ2) is 5.89. The highest BCUT2D eigenvalue weighted by Gasteiger charge is 2.08. The third-order valence-electron chi connectivity index (χ3n) is 2.14. The lowest BCUT2D eigenvalue weighted by Gasteiger charge is -2.09. The average molecular weight is 363 g/mol. The zero-order chi connectivity index (χ0) is 13.1. The fourth-order valence-corrected chi connectivity index (χ4v) is 3.27. The van der Waals surface area contributed by atoms with Crippen molar-refractivity contribution in [3.63, 3.8) is 0 Å². The van der Waals surface area contributed by atoms with Gasteiger partial charge in [-0.15, -0.1) is 11.3 Å². The first-order chi connectivity index (χ1) is 8.60. The largest absolute Gasteiger partial charge is 0.378 e. The minimum atomic E-state index is 0.497. The van der Waals surface area contributed by atoms with Crippen LogP contribution in [0, 0.1) is 11.3 Å². The third kappa shape index (κ3) is 3.15. The number of anilines is 1. The van der Waals surface area contributed by atoms with Crippen LogP contribution in [0.15, 0.2) is 22.8 Å². The lowest BCUT2D eigenvalue weighted by molar-refractivity contribution is 1.17. The van der Waals surface area contributed by atoms with Gasteiger partial charge < -0.3 is 5.32 Å². The first-order valence-electron chi connectivity index (χ1n) is 4.83. The molecule has 1 aromatic heterocycles. The standard InChI is InChI=1S/C11H6BrCl2N3S/c12-8-1-6(3-15)2-9(13)10(8)16-4-7-5-17-11(14)18-7/h1-2,5,16H,4H2. The predicted molar refractivity (Wildman–Crippen MR) is 78.3 cm³/mol. The van der Waals surface area contributed by atoms with E-state index >= 15 is 0 Å². The van der Waals surface area contributed by atoms with Gasteiger partial charge >= 0.3 is 0 Å². The summed E-state index contributed by atoms with van der Waals surface area (Å²) in [6, 6.07) is 5.38. The number of rotatable bonds is 3. The highest BCUT2D eigenvalue weighted by Crippen LogP contribution is 2.32. The normalized spacial score (nSPS) is 10.1. The van der Waals surface area contributed by atoms with E-state index in [0.717, 1.165) is 15.0 Å². The third-order valence-corrected chi connectivity index (χ3v) is 4.17. The molecule has 2 rings (SSSR count). The zero-order valence-corrected chi connectivity index (χ0v) is 12.8. The molecule has 0 aliphatic heterocycles. The summed E-state index contributed by atoms with van der Waals surface area (Å²) in [6.07, 6.45) is 1.71. The van der Waals surface area contributed by atoms with Crippen molar-refractivity contribution in [3.8, 4) is 6.07 Å². The smallest absolute Gasteiger partial charge is 0.183 e. The molecule has 0 radical (unpaired) electrons. The summed E-state index contributed by atoms with van der Waals surface area (Å²) in [6.45, 7) is 0.578. The number of nitriles is 1. The van der Waals surface area contributed by atoms with Crippen LogP contribution in [0.1, 0.15) is 10.4 Å². The van der Waals surface area contributed by atoms with Crippen LogP contribution < -0.4 is 5.32 Å². The molecule has 1 aromatic carbocycles. The van der Waals surface area contributed by atoms with Crippen LogP contribution in [0.25, 0.3) is 0 Å². The number of nitrogens with one attached hydrogen (secondary N) is 1. The highest BCUT2D eigenvalue weighted by molar-refractivity contribution is 9.10. The summed E-state index contributed by atoms with van der Waals surface area (Å²) >= 11 is 16.6. The average Bonchev–Trinajstić information content (AvgIpc) is 2.73. The van der Waals surface area contributed by atoms with Crippen molar-refractivity contribution in [2.24, 2.45) is 0 Å². The molecular formula is C11H6BrCl2N3S. The molecule has 0 aliphatic rings. The van der Waals surface area contributed by atoms with E-state index < -0.39 is 0 Å². The maximum atomic E-state index is 8.82. The van der Waals surface area contributed by atoms with Crippen molar-refractivity contribution in [2.75, 3.05) is 5.32 Å².